The van der Waals surface area contributed by atoms with Crippen LogP contribution in [0.2, 0.25) is 0 Å². The summed E-state index contributed by atoms with van der Waals surface area (Å²) in [5.41, 5.74) is -0.722. The van der Waals surface area contributed by atoms with Gasteiger partial charge >= 0.3 is 0 Å². The van der Waals surface area contributed by atoms with Gasteiger partial charge in [-0.3, -0.25) is 4.79 Å². The number of ketones is 1. The van der Waals surface area contributed by atoms with Crippen molar-refractivity contribution in [3.63, 3.8) is 0 Å². The highest BCUT2D eigenvalue weighted by Crippen LogP contribution is 2.30. The predicted octanol–water partition coefficient (Wildman–Crippen LogP) is 2.56. The summed E-state index contributed by atoms with van der Waals surface area (Å²) in [6, 6.07) is 0. The highest BCUT2D eigenvalue weighted by Gasteiger charge is 2.30. The third-order valence-corrected chi connectivity index (χ3v) is 1.98. The zero-order valence-electron chi connectivity index (χ0n) is 7.01. The molecule has 1 atom stereocenters. The Morgan fingerprint density at radius 3 is 2.92 bits per heavy atom. The number of rotatable bonds is 2. The van der Waals surface area contributed by atoms with Crippen LogP contribution in [0.25, 0.3) is 0 Å². The number of halogens is 1. The SMILES string of the molecule is C=CCC1(C)C=C(F)C=CC1=O. The number of carbonyl (C=O) groups excluding carboxylic acids is 1. The second-order valence-corrected chi connectivity index (χ2v) is 3.14. The average molecular weight is 166 g/mol. The van der Waals surface area contributed by atoms with E-state index in [0.29, 0.717) is 6.42 Å². The van der Waals surface area contributed by atoms with Gasteiger partial charge in [-0.05, 0) is 31.6 Å². The Morgan fingerprint density at radius 1 is 1.67 bits per heavy atom. The smallest absolute Gasteiger partial charge is 0.165 e. The first-order chi connectivity index (χ1) is 5.58. The zero-order valence-corrected chi connectivity index (χ0v) is 7.01. The van der Waals surface area contributed by atoms with E-state index in [4.69, 9.17) is 0 Å². The monoisotopic (exact) mass is 166 g/mol. The van der Waals surface area contributed by atoms with Crippen LogP contribution in [-0.4, -0.2) is 5.78 Å². The summed E-state index contributed by atoms with van der Waals surface area (Å²) in [4.78, 5) is 11.3. The van der Waals surface area contributed by atoms with Crippen LogP contribution in [0.3, 0.4) is 0 Å². The van der Waals surface area contributed by atoms with Crippen LogP contribution in [0.15, 0.2) is 36.7 Å². The summed E-state index contributed by atoms with van der Waals surface area (Å²) >= 11 is 0. The van der Waals surface area contributed by atoms with E-state index >= 15 is 0 Å². The Kier molecular flexibility index (Phi) is 2.27. The lowest BCUT2D eigenvalue weighted by molar-refractivity contribution is -0.120. The molecule has 0 bridgehead atoms. The molecule has 0 heterocycles. The molecular weight excluding hydrogens is 155 g/mol. The second kappa shape index (κ2) is 3.05. The lowest BCUT2D eigenvalue weighted by Crippen LogP contribution is -2.25. The first-order valence-corrected chi connectivity index (χ1v) is 3.80. The van der Waals surface area contributed by atoms with Crippen molar-refractivity contribution in [3.8, 4) is 0 Å². The Labute approximate surface area is 71.3 Å². The topological polar surface area (TPSA) is 17.1 Å². The van der Waals surface area contributed by atoms with Crippen LogP contribution in [0.1, 0.15) is 13.3 Å². The Hall–Kier alpha value is -1.18. The van der Waals surface area contributed by atoms with E-state index in [9.17, 15) is 9.18 Å². The molecule has 0 N–H and O–H groups in total. The highest BCUT2D eigenvalue weighted by molar-refractivity contribution is 5.97. The molecule has 0 aromatic carbocycles. The molecule has 1 unspecified atom stereocenters. The molecule has 1 aliphatic rings. The van der Waals surface area contributed by atoms with Crippen molar-refractivity contribution in [2.75, 3.05) is 0 Å². The molecule has 0 aromatic heterocycles. The van der Waals surface area contributed by atoms with E-state index in [1.165, 1.54) is 18.2 Å². The van der Waals surface area contributed by atoms with E-state index in [-0.39, 0.29) is 11.6 Å². The van der Waals surface area contributed by atoms with E-state index in [0.717, 1.165) is 0 Å². The number of allylic oxidation sites excluding steroid dienone is 5. The minimum Gasteiger partial charge on any atom is -0.294 e. The summed E-state index contributed by atoms with van der Waals surface area (Å²) in [7, 11) is 0. The second-order valence-electron chi connectivity index (χ2n) is 3.14. The van der Waals surface area contributed by atoms with Crippen LogP contribution in [0.4, 0.5) is 4.39 Å². The highest BCUT2D eigenvalue weighted by atomic mass is 19.1. The molecule has 1 aliphatic carbocycles. The van der Waals surface area contributed by atoms with Gasteiger partial charge in [0.05, 0.1) is 5.41 Å². The Morgan fingerprint density at radius 2 is 2.33 bits per heavy atom. The van der Waals surface area contributed by atoms with Gasteiger partial charge in [0.25, 0.3) is 0 Å². The lowest BCUT2D eigenvalue weighted by Gasteiger charge is -2.23. The predicted molar refractivity (Wildman–Crippen MR) is 46.3 cm³/mol. The molecule has 1 nitrogen and oxygen atoms in total. The van der Waals surface area contributed by atoms with Crippen molar-refractivity contribution >= 4 is 5.78 Å². The van der Waals surface area contributed by atoms with Gasteiger partial charge in [-0.2, -0.15) is 0 Å². The minimum absolute atomic E-state index is 0.0659. The largest absolute Gasteiger partial charge is 0.294 e. The summed E-state index contributed by atoms with van der Waals surface area (Å²) in [6.45, 7) is 5.24. The summed E-state index contributed by atoms with van der Waals surface area (Å²) in [5, 5.41) is 0. The number of hydrogen-bond acceptors (Lipinski definition) is 1. The quantitative estimate of drug-likeness (QED) is 0.576. The Bertz CT molecular complexity index is 276. The molecule has 0 aromatic rings. The fourth-order valence-electron chi connectivity index (χ4n) is 1.23. The molecule has 1 rings (SSSR count). The average Bonchev–Trinajstić information content (AvgIpc) is 1.98. The third kappa shape index (κ3) is 1.52. The standard InChI is InChI=1S/C10H11FO/c1-3-6-10(2)7-8(11)4-5-9(10)12/h3-5,7H,1,6H2,2H3. The molecule has 12 heavy (non-hydrogen) atoms. The van der Waals surface area contributed by atoms with Gasteiger partial charge in [0.1, 0.15) is 5.83 Å². The first-order valence-electron chi connectivity index (χ1n) is 3.80. The summed E-state index contributed by atoms with van der Waals surface area (Å²) < 4.78 is 12.8. The zero-order chi connectivity index (χ0) is 9.19. The van der Waals surface area contributed by atoms with E-state index < -0.39 is 5.41 Å². The third-order valence-electron chi connectivity index (χ3n) is 1.98. The molecule has 2 heteroatoms. The number of carbonyl (C=O) groups is 1. The van der Waals surface area contributed by atoms with Gasteiger partial charge in [0.2, 0.25) is 0 Å². The Balaban J connectivity index is 2.96. The summed E-state index contributed by atoms with van der Waals surface area (Å²) in [5.74, 6) is -0.414. The van der Waals surface area contributed by atoms with Crippen molar-refractivity contribution < 1.29 is 9.18 Å². The number of hydrogen-bond donors (Lipinski definition) is 0. The molecule has 0 aliphatic heterocycles. The van der Waals surface area contributed by atoms with Crippen molar-refractivity contribution in [1.82, 2.24) is 0 Å². The fourth-order valence-corrected chi connectivity index (χ4v) is 1.23. The van der Waals surface area contributed by atoms with Crippen molar-refractivity contribution in [3.05, 3.63) is 36.7 Å². The van der Waals surface area contributed by atoms with E-state index in [2.05, 4.69) is 6.58 Å². The van der Waals surface area contributed by atoms with Gasteiger partial charge in [0, 0.05) is 0 Å². The van der Waals surface area contributed by atoms with E-state index in [1.807, 2.05) is 0 Å². The molecule has 0 spiro atoms. The van der Waals surface area contributed by atoms with Gasteiger partial charge in [0.15, 0.2) is 5.78 Å². The van der Waals surface area contributed by atoms with Crippen LogP contribution < -0.4 is 0 Å². The van der Waals surface area contributed by atoms with Gasteiger partial charge < -0.3 is 0 Å². The van der Waals surface area contributed by atoms with Crippen LogP contribution in [0.5, 0.6) is 0 Å². The molecule has 0 fully saturated rings. The van der Waals surface area contributed by atoms with Gasteiger partial charge in [-0.1, -0.05) is 6.08 Å². The summed E-state index contributed by atoms with van der Waals surface area (Å²) in [6.07, 6.45) is 5.91. The maximum absolute atomic E-state index is 12.8. The first kappa shape index (κ1) is 8.91. The maximum Gasteiger partial charge on any atom is 0.165 e. The molecule has 64 valence electrons. The molecule has 0 amide bonds. The maximum atomic E-state index is 12.8. The van der Waals surface area contributed by atoms with Crippen molar-refractivity contribution in [2.45, 2.75) is 13.3 Å². The van der Waals surface area contributed by atoms with Crippen LogP contribution in [-0.2, 0) is 4.79 Å². The van der Waals surface area contributed by atoms with Crippen molar-refractivity contribution in [1.29, 1.82) is 0 Å². The van der Waals surface area contributed by atoms with Crippen LogP contribution in [0, 0.1) is 5.41 Å². The molecular formula is C10H11FO. The van der Waals surface area contributed by atoms with Gasteiger partial charge in [-0.15, -0.1) is 6.58 Å². The fraction of sp³-hybridized carbons (Fsp3) is 0.300. The molecule has 0 radical (unpaired) electrons. The lowest BCUT2D eigenvalue weighted by atomic mass is 9.79. The normalized spacial score (nSPS) is 28.5. The molecule has 0 saturated heterocycles. The van der Waals surface area contributed by atoms with Crippen LogP contribution >= 0.6 is 0 Å². The van der Waals surface area contributed by atoms with Gasteiger partial charge in [-0.25, -0.2) is 4.39 Å². The van der Waals surface area contributed by atoms with Crippen molar-refractivity contribution in [2.24, 2.45) is 5.41 Å². The van der Waals surface area contributed by atoms with E-state index in [1.54, 1.807) is 13.0 Å². The molecule has 0 saturated carbocycles. The minimum atomic E-state index is -0.722.